The van der Waals surface area contributed by atoms with Gasteiger partial charge in [-0.3, -0.25) is 4.79 Å². The normalized spacial score (nSPS) is 13.9. The Bertz CT molecular complexity index is 847. The van der Waals surface area contributed by atoms with Gasteiger partial charge in [0.1, 0.15) is 5.71 Å². The number of hydrogen-bond donors (Lipinski definition) is 0. The summed E-state index contributed by atoms with van der Waals surface area (Å²) in [7, 11) is 0. The zero-order valence-electron chi connectivity index (χ0n) is 9.42. The fourth-order valence-corrected chi connectivity index (χ4v) is 2.49. The number of aldehydes is 1. The molecule has 4 rings (SSSR count). The van der Waals surface area contributed by atoms with Crippen LogP contribution in [0.3, 0.4) is 0 Å². The van der Waals surface area contributed by atoms with E-state index < -0.39 is 0 Å². The minimum absolute atomic E-state index is 0.475. The molecule has 84 valence electrons. The van der Waals surface area contributed by atoms with Crippen LogP contribution in [-0.4, -0.2) is 12.0 Å². The summed E-state index contributed by atoms with van der Waals surface area (Å²) in [6.45, 7) is 0. The maximum atomic E-state index is 10.8. The third-order valence-corrected chi connectivity index (χ3v) is 3.27. The zero-order valence-corrected chi connectivity index (χ0v) is 9.42. The number of carbonyl (C=O) groups is 1. The van der Waals surface area contributed by atoms with E-state index in [1.165, 1.54) is 0 Å². The third kappa shape index (κ3) is 1.10. The first-order valence-electron chi connectivity index (χ1n) is 5.73. The van der Waals surface area contributed by atoms with E-state index in [1.54, 1.807) is 0 Å². The molecule has 0 amide bonds. The summed E-state index contributed by atoms with van der Waals surface area (Å²) < 4.78 is 0. The van der Waals surface area contributed by atoms with Crippen molar-refractivity contribution in [2.24, 2.45) is 9.98 Å². The van der Waals surface area contributed by atoms with Gasteiger partial charge in [0.2, 0.25) is 0 Å². The molecule has 0 aromatic heterocycles. The molecule has 0 saturated carbocycles. The van der Waals surface area contributed by atoms with Gasteiger partial charge in [0, 0.05) is 16.3 Å². The highest BCUT2D eigenvalue weighted by Gasteiger charge is 2.19. The van der Waals surface area contributed by atoms with Crippen molar-refractivity contribution in [2.45, 2.75) is 0 Å². The van der Waals surface area contributed by atoms with Crippen LogP contribution in [0.2, 0.25) is 0 Å². The van der Waals surface area contributed by atoms with E-state index in [0.717, 1.165) is 39.4 Å². The lowest BCUT2D eigenvalue weighted by Crippen LogP contribution is -2.08. The number of carbonyl (C=O) groups excluding carboxylic acids is 1. The maximum Gasteiger partial charge on any atom is 0.168 e. The van der Waals surface area contributed by atoms with Crippen molar-refractivity contribution in [3.05, 3.63) is 47.0 Å². The predicted octanol–water partition coefficient (Wildman–Crippen LogP) is 1.68. The number of fused-ring (bicyclic) bond motifs is 5. The van der Waals surface area contributed by atoms with Crippen molar-refractivity contribution in [1.29, 1.82) is 0 Å². The first-order chi connectivity index (χ1) is 8.86. The van der Waals surface area contributed by atoms with Crippen molar-refractivity contribution in [1.82, 2.24) is 0 Å². The van der Waals surface area contributed by atoms with Crippen LogP contribution in [0.15, 0.2) is 46.4 Å². The van der Waals surface area contributed by atoms with Crippen LogP contribution in [0.5, 0.6) is 0 Å². The average molecular weight is 232 g/mol. The number of rotatable bonds is 1. The van der Waals surface area contributed by atoms with Gasteiger partial charge in [-0.1, -0.05) is 24.3 Å². The van der Waals surface area contributed by atoms with Crippen LogP contribution < -0.4 is 10.6 Å². The molecule has 0 unspecified atom stereocenters. The second-order valence-corrected chi connectivity index (χ2v) is 4.33. The quantitative estimate of drug-likeness (QED) is 0.588. The number of benzene rings is 2. The topological polar surface area (TPSA) is 41.8 Å². The average Bonchev–Trinajstić information content (AvgIpc) is 2.98. The maximum absolute atomic E-state index is 10.8. The molecule has 2 aromatic carbocycles. The van der Waals surface area contributed by atoms with Crippen LogP contribution in [0.25, 0.3) is 17.2 Å². The highest BCUT2D eigenvalue weighted by atomic mass is 16.1. The largest absolute Gasteiger partial charge is 0.296 e. The Morgan fingerprint density at radius 3 is 2.78 bits per heavy atom. The van der Waals surface area contributed by atoms with Gasteiger partial charge in [-0.15, -0.1) is 0 Å². The van der Waals surface area contributed by atoms with Gasteiger partial charge in [0.25, 0.3) is 0 Å². The summed E-state index contributed by atoms with van der Waals surface area (Å²) in [5, 5.41) is 1.92. The predicted molar refractivity (Wildman–Crippen MR) is 69.9 cm³/mol. The minimum atomic E-state index is 0.475. The Balaban J connectivity index is 2.13. The lowest BCUT2D eigenvalue weighted by molar-refractivity contribution is -0.102. The summed E-state index contributed by atoms with van der Waals surface area (Å²) in [6.07, 6.45) is 2.59. The molecule has 0 radical (unpaired) electrons. The van der Waals surface area contributed by atoms with E-state index in [0.29, 0.717) is 5.71 Å². The highest BCUT2D eigenvalue weighted by Crippen LogP contribution is 2.36. The van der Waals surface area contributed by atoms with Crippen LogP contribution >= 0.6 is 0 Å². The molecule has 0 fully saturated rings. The summed E-state index contributed by atoms with van der Waals surface area (Å²) in [5.74, 6) is 0. The van der Waals surface area contributed by atoms with Gasteiger partial charge in [-0.2, -0.15) is 0 Å². The van der Waals surface area contributed by atoms with E-state index in [4.69, 9.17) is 0 Å². The molecule has 0 spiro atoms. The van der Waals surface area contributed by atoms with Crippen LogP contribution in [0.1, 0.15) is 0 Å². The molecule has 2 aromatic rings. The lowest BCUT2D eigenvalue weighted by Gasteiger charge is -2.01. The Kier molecular flexibility index (Phi) is 1.70. The van der Waals surface area contributed by atoms with E-state index in [9.17, 15) is 4.79 Å². The molecule has 2 aliphatic rings. The molecule has 0 atom stereocenters. The van der Waals surface area contributed by atoms with Crippen LogP contribution in [0.4, 0.5) is 11.4 Å². The fraction of sp³-hybridized carbons (Fsp3) is 0. The summed E-state index contributed by atoms with van der Waals surface area (Å²) >= 11 is 0. The third-order valence-electron chi connectivity index (χ3n) is 3.27. The van der Waals surface area contributed by atoms with Crippen molar-refractivity contribution < 1.29 is 4.79 Å². The monoisotopic (exact) mass is 232 g/mol. The van der Waals surface area contributed by atoms with Gasteiger partial charge >= 0.3 is 0 Å². The van der Waals surface area contributed by atoms with Crippen molar-refractivity contribution in [3.8, 4) is 11.1 Å². The second-order valence-electron chi connectivity index (χ2n) is 4.33. The highest BCUT2D eigenvalue weighted by molar-refractivity contribution is 6.44. The molecule has 3 heteroatoms. The van der Waals surface area contributed by atoms with E-state index in [1.807, 2.05) is 42.5 Å². The van der Waals surface area contributed by atoms with Gasteiger partial charge in [0.05, 0.1) is 16.7 Å². The molecule has 2 heterocycles. The fourth-order valence-electron chi connectivity index (χ4n) is 2.49. The Morgan fingerprint density at radius 1 is 1.00 bits per heavy atom. The molecular formula is C15H8N2O. The number of aliphatic imine (C=N–C) groups is 1. The number of nitrogens with zero attached hydrogens (tertiary/aromatic N) is 2. The Morgan fingerprint density at radius 2 is 1.89 bits per heavy atom. The zero-order chi connectivity index (χ0) is 12.1. The summed E-state index contributed by atoms with van der Waals surface area (Å²) in [4.78, 5) is 19.8. The molecule has 0 aliphatic carbocycles. The molecule has 3 nitrogen and oxygen atoms in total. The first kappa shape index (κ1) is 9.48. The number of hydrogen-bond acceptors (Lipinski definition) is 3. The SMILES string of the molecule is O=CC1=Nc2c3c(ccc2=C1)=Nc1ccccc1-3. The van der Waals surface area contributed by atoms with Crippen molar-refractivity contribution in [3.63, 3.8) is 0 Å². The van der Waals surface area contributed by atoms with Gasteiger partial charge in [-0.25, -0.2) is 9.98 Å². The molecular weight excluding hydrogens is 224 g/mol. The van der Waals surface area contributed by atoms with Crippen LogP contribution in [0, 0.1) is 0 Å². The first-order valence-corrected chi connectivity index (χ1v) is 5.73. The van der Waals surface area contributed by atoms with E-state index in [-0.39, 0.29) is 0 Å². The summed E-state index contributed by atoms with van der Waals surface area (Å²) in [6, 6.07) is 11.9. The molecule has 0 saturated heterocycles. The standard InChI is InChI=1S/C15H8N2O/c18-8-10-7-9-5-6-13-14(15(9)16-10)11-3-1-2-4-12(11)17-13/h1-8H. The van der Waals surface area contributed by atoms with Crippen molar-refractivity contribution >= 4 is 29.4 Å². The summed E-state index contributed by atoms with van der Waals surface area (Å²) in [5.41, 5.74) is 4.44. The molecule has 18 heavy (non-hydrogen) atoms. The smallest absolute Gasteiger partial charge is 0.168 e. The van der Waals surface area contributed by atoms with E-state index in [2.05, 4.69) is 9.98 Å². The number of para-hydroxylation sites is 1. The van der Waals surface area contributed by atoms with E-state index >= 15 is 0 Å². The molecule has 0 bridgehead atoms. The minimum Gasteiger partial charge on any atom is -0.296 e. The molecule has 2 aliphatic heterocycles. The Labute approximate surface area is 103 Å². The lowest BCUT2D eigenvalue weighted by atomic mass is 10.0. The van der Waals surface area contributed by atoms with Crippen molar-refractivity contribution in [2.75, 3.05) is 0 Å². The van der Waals surface area contributed by atoms with Gasteiger partial charge in [-0.05, 0) is 18.2 Å². The second kappa shape index (κ2) is 3.23. The van der Waals surface area contributed by atoms with Gasteiger partial charge < -0.3 is 0 Å². The molecule has 0 N–H and O–H groups in total. The van der Waals surface area contributed by atoms with Gasteiger partial charge in [0.15, 0.2) is 6.29 Å². The Hall–Kier alpha value is -2.55. The van der Waals surface area contributed by atoms with Crippen LogP contribution in [-0.2, 0) is 4.79 Å².